The summed E-state index contributed by atoms with van der Waals surface area (Å²) in [5.74, 6) is 0. The lowest BCUT2D eigenvalue weighted by molar-refractivity contribution is 0.0912. The van der Waals surface area contributed by atoms with E-state index in [4.69, 9.17) is 14.5 Å². The summed E-state index contributed by atoms with van der Waals surface area (Å²) in [6.45, 7) is 1.84. The maximum atomic E-state index is 12.8. The molecule has 2 atom stereocenters. The van der Waals surface area contributed by atoms with Crippen LogP contribution in [0, 0.1) is 0 Å². The number of nitrogens with zero attached hydrogens (tertiary/aromatic N) is 3. The zero-order valence-corrected chi connectivity index (χ0v) is 20.4. The molecule has 35 heavy (non-hydrogen) atoms. The maximum Gasteiger partial charge on any atom is 0.410 e. The number of ether oxygens (including phenoxy) is 2. The molecule has 2 amide bonds. The first kappa shape index (κ1) is 23.4. The second kappa shape index (κ2) is 10.9. The Labute approximate surface area is 209 Å². The summed E-state index contributed by atoms with van der Waals surface area (Å²) in [6.07, 6.45) is 2.94. The van der Waals surface area contributed by atoms with Gasteiger partial charge in [-0.3, -0.25) is 9.80 Å². The molecule has 3 heterocycles. The molecular formula is C27H29N3O4S. The first-order chi connectivity index (χ1) is 17.2. The van der Waals surface area contributed by atoms with Gasteiger partial charge in [-0.2, -0.15) is 0 Å². The first-order valence-electron chi connectivity index (χ1n) is 12.1. The van der Waals surface area contributed by atoms with E-state index in [9.17, 15) is 9.59 Å². The fourth-order valence-electron chi connectivity index (χ4n) is 4.75. The van der Waals surface area contributed by atoms with E-state index in [-0.39, 0.29) is 37.5 Å². The molecule has 182 valence electrons. The van der Waals surface area contributed by atoms with Crippen molar-refractivity contribution >= 4 is 23.5 Å². The molecule has 0 N–H and O–H groups in total. The number of likely N-dealkylation sites (tertiary alicyclic amines) is 2. The van der Waals surface area contributed by atoms with Crippen LogP contribution in [-0.4, -0.2) is 40.1 Å². The molecule has 2 aromatic carbocycles. The molecule has 3 aromatic rings. The highest BCUT2D eigenvalue weighted by atomic mass is 32.1. The van der Waals surface area contributed by atoms with Gasteiger partial charge in [0.1, 0.15) is 18.2 Å². The van der Waals surface area contributed by atoms with Gasteiger partial charge in [0.15, 0.2) is 0 Å². The van der Waals surface area contributed by atoms with Crippen molar-refractivity contribution < 1.29 is 19.1 Å². The molecule has 1 aromatic heterocycles. The van der Waals surface area contributed by atoms with Crippen molar-refractivity contribution in [3.8, 4) is 0 Å². The number of aromatic nitrogens is 1. The summed E-state index contributed by atoms with van der Waals surface area (Å²) in [5, 5.41) is 2.92. The first-order valence-corrected chi connectivity index (χ1v) is 13.0. The molecule has 8 heteroatoms. The maximum absolute atomic E-state index is 12.8. The van der Waals surface area contributed by atoms with Crippen molar-refractivity contribution in [2.45, 2.75) is 51.0 Å². The average Bonchev–Trinajstić information content (AvgIpc) is 3.67. The van der Waals surface area contributed by atoms with E-state index in [0.717, 1.165) is 47.5 Å². The molecular weight excluding hydrogens is 462 g/mol. The van der Waals surface area contributed by atoms with Gasteiger partial charge in [0.2, 0.25) is 0 Å². The molecule has 0 saturated carbocycles. The number of carbonyl (C=O) groups excluding carboxylic acids is 2. The number of amides is 2. The predicted octanol–water partition coefficient (Wildman–Crippen LogP) is 6.09. The molecule has 7 nitrogen and oxygen atoms in total. The van der Waals surface area contributed by atoms with Gasteiger partial charge in [0.05, 0.1) is 17.8 Å². The van der Waals surface area contributed by atoms with Crippen molar-refractivity contribution in [3.05, 3.63) is 87.9 Å². The summed E-state index contributed by atoms with van der Waals surface area (Å²) in [7, 11) is 0. The molecule has 0 aliphatic carbocycles. The average molecular weight is 492 g/mol. The van der Waals surface area contributed by atoms with Gasteiger partial charge in [-0.1, -0.05) is 60.7 Å². The van der Waals surface area contributed by atoms with Gasteiger partial charge in [-0.05, 0) is 36.8 Å². The third-order valence-corrected chi connectivity index (χ3v) is 7.52. The van der Waals surface area contributed by atoms with Gasteiger partial charge < -0.3 is 9.47 Å². The van der Waals surface area contributed by atoms with Crippen molar-refractivity contribution in [3.63, 3.8) is 0 Å². The fourth-order valence-corrected chi connectivity index (χ4v) is 5.76. The van der Waals surface area contributed by atoms with Crippen LogP contribution >= 0.6 is 11.3 Å². The van der Waals surface area contributed by atoms with E-state index in [1.54, 1.807) is 21.1 Å². The molecule has 0 spiro atoms. The van der Waals surface area contributed by atoms with Gasteiger partial charge in [-0.25, -0.2) is 14.6 Å². The summed E-state index contributed by atoms with van der Waals surface area (Å²) in [5.41, 5.74) is 2.81. The molecule has 0 radical (unpaired) electrons. The predicted molar refractivity (Wildman–Crippen MR) is 133 cm³/mol. The number of hydrogen-bond acceptors (Lipinski definition) is 6. The van der Waals surface area contributed by atoms with E-state index in [0.29, 0.717) is 13.1 Å². The highest BCUT2D eigenvalue weighted by molar-refractivity contribution is 7.09. The summed E-state index contributed by atoms with van der Waals surface area (Å²) >= 11 is 1.55. The van der Waals surface area contributed by atoms with E-state index >= 15 is 0 Å². The van der Waals surface area contributed by atoms with E-state index in [1.807, 2.05) is 66.0 Å². The van der Waals surface area contributed by atoms with Gasteiger partial charge >= 0.3 is 12.2 Å². The second-order valence-electron chi connectivity index (χ2n) is 8.89. The van der Waals surface area contributed by atoms with Crippen LogP contribution in [0.25, 0.3) is 0 Å². The molecule has 2 aliphatic rings. The van der Waals surface area contributed by atoms with Crippen LogP contribution in [0.4, 0.5) is 9.59 Å². The second-order valence-corrected chi connectivity index (χ2v) is 9.78. The van der Waals surface area contributed by atoms with Gasteiger partial charge in [-0.15, -0.1) is 11.3 Å². The molecule has 2 aliphatic heterocycles. The molecule has 2 fully saturated rings. The van der Waals surface area contributed by atoms with E-state index in [2.05, 4.69) is 0 Å². The summed E-state index contributed by atoms with van der Waals surface area (Å²) in [4.78, 5) is 34.1. The Hall–Kier alpha value is -3.39. The summed E-state index contributed by atoms with van der Waals surface area (Å²) < 4.78 is 11.2. The molecule has 5 rings (SSSR count). The zero-order valence-electron chi connectivity index (χ0n) is 19.5. The Morgan fingerprint density at radius 2 is 1.31 bits per heavy atom. The normalized spacial score (nSPS) is 19.7. The standard InChI is InChI=1S/C27H29N3O4S/c31-26(33-17-20-9-3-1-4-10-20)29-15-7-13-23(29)22-19-35-25(28-22)24-14-8-16-30(24)27(32)34-18-21-11-5-2-6-12-21/h1-6,9-12,19,23-24H,7-8,13-18H2/t23?,24-/m0/s1. The molecule has 0 bridgehead atoms. The van der Waals surface area contributed by atoms with Gasteiger partial charge in [0, 0.05) is 18.5 Å². The lowest BCUT2D eigenvalue weighted by Crippen LogP contribution is -2.32. The highest BCUT2D eigenvalue weighted by Crippen LogP contribution is 2.38. The van der Waals surface area contributed by atoms with Gasteiger partial charge in [0.25, 0.3) is 0 Å². The zero-order chi connectivity index (χ0) is 24.0. The van der Waals surface area contributed by atoms with Crippen molar-refractivity contribution in [1.82, 2.24) is 14.8 Å². The van der Waals surface area contributed by atoms with Crippen LogP contribution in [0.3, 0.4) is 0 Å². The quantitative estimate of drug-likeness (QED) is 0.417. The highest BCUT2D eigenvalue weighted by Gasteiger charge is 2.36. The number of carbonyl (C=O) groups is 2. The monoisotopic (exact) mass is 491 g/mol. The Morgan fingerprint density at radius 1 is 0.800 bits per heavy atom. The van der Waals surface area contributed by atoms with E-state index in [1.165, 1.54) is 0 Å². The number of thiazole rings is 1. The third-order valence-electron chi connectivity index (χ3n) is 6.55. The van der Waals surface area contributed by atoms with Crippen molar-refractivity contribution in [2.75, 3.05) is 13.1 Å². The number of rotatable bonds is 6. The molecule has 2 saturated heterocycles. The molecule has 1 unspecified atom stereocenters. The minimum atomic E-state index is -0.308. The lowest BCUT2D eigenvalue weighted by Gasteiger charge is -2.24. The minimum Gasteiger partial charge on any atom is -0.445 e. The topological polar surface area (TPSA) is 72.0 Å². The van der Waals surface area contributed by atoms with Crippen LogP contribution in [0.5, 0.6) is 0 Å². The van der Waals surface area contributed by atoms with E-state index < -0.39 is 0 Å². The number of benzene rings is 2. The fraction of sp³-hybridized carbons (Fsp3) is 0.370. The minimum absolute atomic E-state index is 0.0862. The van der Waals surface area contributed by atoms with Crippen LogP contribution in [-0.2, 0) is 22.7 Å². The lowest BCUT2D eigenvalue weighted by atomic mass is 10.1. The van der Waals surface area contributed by atoms with Crippen LogP contribution in [0.2, 0.25) is 0 Å². The number of hydrogen-bond donors (Lipinski definition) is 0. The van der Waals surface area contributed by atoms with Crippen LogP contribution < -0.4 is 0 Å². The smallest absolute Gasteiger partial charge is 0.410 e. The SMILES string of the molecule is O=C(OCc1ccccc1)N1CCCC1c1csc([C@@H]2CCCN2C(=O)OCc2ccccc2)n1. The Morgan fingerprint density at radius 3 is 1.89 bits per heavy atom. The Kier molecular flexibility index (Phi) is 7.28. The Bertz CT molecular complexity index is 1050. The van der Waals surface area contributed by atoms with Crippen LogP contribution in [0.15, 0.2) is 66.0 Å². The Balaban J connectivity index is 1.21. The third kappa shape index (κ3) is 5.48. The largest absolute Gasteiger partial charge is 0.445 e. The van der Waals surface area contributed by atoms with Crippen molar-refractivity contribution in [2.24, 2.45) is 0 Å². The van der Waals surface area contributed by atoms with Crippen LogP contribution in [0.1, 0.15) is 59.6 Å². The van der Waals surface area contributed by atoms with Crippen molar-refractivity contribution in [1.29, 1.82) is 0 Å². The summed E-state index contributed by atoms with van der Waals surface area (Å²) in [6, 6.07) is 19.2.